The lowest BCUT2D eigenvalue weighted by atomic mass is 10.1. The summed E-state index contributed by atoms with van der Waals surface area (Å²) in [6, 6.07) is 6.62. The van der Waals surface area contributed by atoms with Crippen LogP contribution in [-0.4, -0.2) is 6.61 Å². The molecule has 0 fully saturated rings. The predicted molar refractivity (Wildman–Crippen MR) is 70.2 cm³/mol. The average Bonchev–Trinajstić information content (AvgIpc) is 2.34. The van der Waals surface area contributed by atoms with Gasteiger partial charge >= 0.3 is 0 Å². The van der Waals surface area contributed by atoms with Crippen molar-refractivity contribution < 1.29 is 4.74 Å². The summed E-state index contributed by atoms with van der Waals surface area (Å²) in [4.78, 5) is 0. The number of aryl methyl sites for hydroxylation is 2. The molecular weight excluding hydrogens is 196 g/mol. The lowest BCUT2D eigenvalue weighted by Gasteiger charge is -2.09. The molecule has 0 N–H and O–H groups in total. The lowest BCUT2D eigenvalue weighted by molar-refractivity contribution is 0.306. The van der Waals surface area contributed by atoms with Gasteiger partial charge in [-0.05, 0) is 42.5 Å². The molecule has 0 unspecified atom stereocenters. The molecule has 0 atom stereocenters. The van der Waals surface area contributed by atoms with Gasteiger partial charge in [-0.25, -0.2) is 0 Å². The number of ether oxygens (including phenoxy) is 1. The Labute approximate surface area is 99.8 Å². The van der Waals surface area contributed by atoms with Crippen molar-refractivity contribution in [3.8, 4) is 5.75 Å². The van der Waals surface area contributed by atoms with Crippen LogP contribution in [0.25, 0.3) is 0 Å². The van der Waals surface area contributed by atoms with E-state index < -0.39 is 0 Å². The van der Waals surface area contributed by atoms with E-state index in [2.05, 4.69) is 39.0 Å². The normalized spacial score (nSPS) is 10.4. The molecule has 1 heteroatoms. The Morgan fingerprint density at radius 1 is 0.875 bits per heavy atom. The third-order valence-electron chi connectivity index (χ3n) is 2.86. The number of rotatable bonds is 7. The lowest BCUT2D eigenvalue weighted by Crippen LogP contribution is -1.98. The van der Waals surface area contributed by atoms with Crippen LogP contribution in [0.3, 0.4) is 0 Å². The zero-order chi connectivity index (χ0) is 11.8. The average molecular weight is 220 g/mol. The fourth-order valence-electron chi connectivity index (χ4n) is 1.76. The van der Waals surface area contributed by atoms with Gasteiger partial charge in [0.25, 0.3) is 0 Å². The van der Waals surface area contributed by atoms with Crippen molar-refractivity contribution in [3.63, 3.8) is 0 Å². The van der Waals surface area contributed by atoms with Crippen molar-refractivity contribution in [1.29, 1.82) is 0 Å². The smallest absolute Gasteiger partial charge is 0.119 e. The Kier molecular flexibility index (Phi) is 5.99. The van der Waals surface area contributed by atoms with E-state index in [0.29, 0.717) is 0 Å². The number of unbranched alkanes of at least 4 members (excludes halogenated alkanes) is 2. The monoisotopic (exact) mass is 220 g/mol. The zero-order valence-corrected chi connectivity index (χ0v) is 10.9. The van der Waals surface area contributed by atoms with Crippen molar-refractivity contribution in [1.82, 2.24) is 0 Å². The maximum absolute atomic E-state index is 5.79. The van der Waals surface area contributed by atoms with Gasteiger partial charge in [-0.15, -0.1) is 0 Å². The van der Waals surface area contributed by atoms with E-state index in [4.69, 9.17) is 4.74 Å². The summed E-state index contributed by atoms with van der Waals surface area (Å²) in [7, 11) is 0. The predicted octanol–water partition coefficient (Wildman–Crippen LogP) is 4.38. The standard InChI is InChI=1S/C15H24O/c1-4-7-8-9-16-15-11-13(5-2)10-14(6-3)12-15/h10-12H,4-9H2,1-3H3. The summed E-state index contributed by atoms with van der Waals surface area (Å²) >= 11 is 0. The molecule has 0 saturated carbocycles. The molecule has 0 aliphatic heterocycles. The molecule has 0 bridgehead atoms. The SMILES string of the molecule is CCCCCOc1cc(CC)cc(CC)c1. The second-order valence-electron chi connectivity index (χ2n) is 4.25. The van der Waals surface area contributed by atoms with Crippen LogP contribution in [0.1, 0.15) is 51.2 Å². The molecule has 0 aliphatic carbocycles. The molecular formula is C15H24O. The van der Waals surface area contributed by atoms with E-state index in [1.165, 1.54) is 24.0 Å². The van der Waals surface area contributed by atoms with Crippen LogP contribution in [0.15, 0.2) is 18.2 Å². The van der Waals surface area contributed by atoms with Gasteiger partial charge in [-0.3, -0.25) is 0 Å². The van der Waals surface area contributed by atoms with Gasteiger partial charge in [0.2, 0.25) is 0 Å². The Bertz CT molecular complexity index is 282. The van der Waals surface area contributed by atoms with Gasteiger partial charge in [0, 0.05) is 0 Å². The van der Waals surface area contributed by atoms with Crippen LogP contribution < -0.4 is 4.74 Å². The van der Waals surface area contributed by atoms with Gasteiger partial charge < -0.3 is 4.74 Å². The van der Waals surface area contributed by atoms with Crippen molar-refractivity contribution >= 4 is 0 Å². The summed E-state index contributed by atoms with van der Waals surface area (Å²) in [5.74, 6) is 1.05. The highest BCUT2D eigenvalue weighted by atomic mass is 16.5. The van der Waals surface area contributed by atoms with Crippen molar-refractivity contribution in [2.45, 2.75) is 52.9 Å². The fourth-order valence-corrected chi connectivity index (χ4v) is 1.76. The van der Waals surface area contributed by atoms with Gasteiger partial charge in [0.05, 0.1) is 6.61 Å². The maximum Gasteiger partial charge on any atom is 0.119 e. The molecule has 90 valence electrons. The van der Waals surface area contributed by atoms with Crippen molar-refractivity contribution in [2.24, 2.45) is 0 Å². The minimum absolute atomic E-state index is 0.851. The molecule has 1 nitrogen and oxygen atoms in total. The number of hydrogen-bond donors (Lipinski definition) is 0. The van der Waals surface area contributed by atoms with Crippen LogP contribution >= 0.6 is 0 Å². The molecule has 0 saturated heterocycles. The first-order chi connectivity index (χ1) is 7.80. The first-order valence-corrected chi connectivity index (χ1v) is 6.55. The van der Waals surface area contributed by atoms with Crippen molar-refractivity contribution in [2.75, 3.05) is 6.61 Å². The van der Waals surface area contributed by atoms with E-state index in [1.807, 2.05) is 0 Å². The van der Waals surface area contributed by atoms with Crippen LogP contribution in [0.5, 0.6) is 5.75 Å². The Balaban J connectivity index is 2.57. The molecule has 16 heavy (non-hydrogen) atoms. The zero-order valence-electron chi connectivity index (χ0n) is 10.9. The van der Waals surface area contributed by atoms with Gasteiger partial charge in [0.15, 0.2) is 0 Å². The molecule has 0 aliphatic rings. The van der Waals surface area contributed by atoms with Crippen molar-refractivity contribution in [3.05, 3.63) is 29.3 Å². The molecule has 0 heterocycles. The molecule has 0 amide bonds. The van der Waals surface area contributed by atoms with Crippen LogP contribution in [0, 0.1) is 0 Å². The first-order valence-electron chi connectivity index (χ1n) is 6.55. The summed E-state index contributed by atoms with van der Waals surface area (Å²) in [6.45, 7) is 7.45. The van der Waals surface area contributed by atoms with Crippen LogP contribution in [0.2, 0.25) is 0 Å². The summed E-state index contributed by atoms with van der Waals surface area (Å²) in [5.41, 5.74) is 2.76. The van der Waals surface area contributed by atoms with E-state index in [-0.39, 0.29) is 0 Å². The summed E-state index contributed by atoms with van der Waals surface area (Å²) in [6.07, 6.45) is 5.83. The molecule has 1 aromatic carbocycles. The molecule has 0 spiro atoms. The highest BCUT2D eigenvalue weighted by Gasteiger charge is 2.00. The van der Waals surface area contributed by atoms with E-state index >= 15 is 0 Å². The highest BCUT2D eigenvalue weighted by molar-refractivity contribution is 5.34. The largest absolute Gasteiger partial charge is 0.494 e. The first kappa shape index (κ1) is 13.1. The molecule has 1 rings (SSSR count). The topological polar surface area (TPSA) is 9.23 Å². The number of benzene rings is 1. The minimum Gasteiger partial charge on any atom is -0.494 e. The quantitative estimate of drug-likeness (QED) is 0.620. The molecule has 0 aromatic heterocycles. The third-order valence-corrected chi connectivity index (χ3v) is 2.86. The minimum atomic E-state index is 0.851. The Morgan fingerprint density at radius 2 is 1.50 bits per heavy atom. The van der Waals surface area contributed by atoms with E-state index in [9.17, 15) is 0 Å². The molecule has 0 radical (unpaired) electrons. The maximum atomic E-state index is 5.79. The van der Waals surface area contributed by atoms with Gasteiger partial charge in [-0.1, -0.05) is 39.7 Å². The highest BCUT2D eigenvalue weighted by Crippen LogP contribution is 2.18. The second kappa shape index (κ2) is 7.32. The van der Waals surface area contributed by atoms with Crippen LogP contribution in [0.4, 0.5) is 0 Å². The van der Waals surface area contributed by atoms with E-state index in [1.54, 1.807) is 0 Å². The fraction of sp³-hybridized carbons (Fsp3) is 0.600. The molecule has 1 aromatic rings. The third kappa shape index (κ3) is 4.26. The van der Waals surface area contributed by atoms with Gasteiger partial charge in [-0.2, -0.15) is 0 Å². The van der Waals surface area contributed by atoms with Crippen LogP contribution in [-0.2, 0) is 12.8 Å². The summed E-state index contributed by atoms with van der Waals surface area (Å²) < 4.78 is 5.79. The second-order valence-corrected chi connectivity index (χ2v) is 4.25. The van der Waals surface area contributed by atoms with E-state index in [0.717, 1.165) is 31.6 Å². The Hall–Kier alpha value is -0.980. The summed E-state index contributed by atoms with van der Waals surface area (Å²) in [5, 5.41) is 0. The number of hydrogen-bond acceptors (Lipinski definition) is 1. The van der Waals surface area contributed by atoms with Gasteiger partial charge in [0.1, 0.15) is 5.75 Å². The Morgan fingerprint density at radius 3 is 2.00 bits per heavy atom.